The molecule has 0 radical (unpaired) electrons. The molecule has 0 amide bonds. The normalized spacial score (nSPS) is 14.2. The van der Waals surface area contributed by atoms with Crippen LogP contribution in [0.2, 0.25) is 0 Å². The lowest BCUT2D eigenvalue weighted by molar-refractivity contribution is 0.0489. The predicted molar refractivity (Wildman–Crippen MR) is 79.3 cm³/mol. The smallest absolute Gasteiger partial charge is 0.376 e. The Morgan fingerprint density at radius 3 is 2.81 bits per heavy atom. The summed E-state index contributed by atoms with van der Waals surface area (Å²) in [5.41, 5.74) is 3.99. The van der Waals surface area contributed by atoms with Crippen molar-refractivity contribution < 1.29 is 13.9 Å². The van der Waals surface area contributed by atoms with Crippen molar-refractivity contribution in [2.45, 2.75) is 39.5 Å². The van der Waals surface area contributed by atoms with Crippen LogP contribution in [0.15, 0.2) is 22.6 Å². The maximum absolute atomic E-state index is 12.0. The van der Waals surface area contributed by atoms with Crippen LogP contribution in [0.1, 0.15) is 53.1 Å². The zero-order valence-corrected chi connectivity index (χ0v) is 12.6. The molecule has 1 aromatic heterocycles. The van der Waals surface area contributed by atoms with E-state index in [0.29, 0.717) is 18.4 Å². The number of nitrogens with zero attached hydrogens (tertiary/aromatic N) is 1. The number of esters is 1. The minimum absolute atomic E-state index is 0.273. The number of carbonyl (C=O) groups is 1. The average Bonchev–Trinajstić information content (AvgIpc) is 3.21. The molecule has 0 saturated heterocycles. The highest BCUT2D eigenvalue weighted by Gasteiger charge is 2.34. The van der Waals surface area contributed by atoms with Crippen LogP contribution in [0.4, 0.5) is 0 Å². The second kappa shape index (κ2) is 5.35. The minimum Gasteiger partial charge on any atom is -0.460 e. The summed E-state index contributed by atoms with van der Waals surface area (Å²) in [6, 6.07) is 6.00. The Morgan fingerprint density at radius 1 is 1.38 bits per heavy atom. The van der Waals surface area contributed by atoms with E-state index in [4.69, 9.17) is 9.15 Å². The molecule has 21 heavy (non-hydrogen) atoms. The summed E-state index contributed by atoms with van der Waals surface area (Å²) in [6.45, 7) is 6.21. The highest BCUT2D eigenvalue weighted by Crippen LogP contribution is 2.42. The van der Waals surface area contributed by atoms with Crippen LogP contribution in [-0.2, 0) is 4.74 Å². The minimum atomic E-state index is -0.413. The van der Waals surface area contributed by atoms with Crippen molar-refractivity contribution in [2.24, 2.45) is 0 Å². The van der Waals surface area contributed by atoms with Gasteiger partial charge in [0.05, 0.1) is 12.3 Å². The van der Waals surface area contributed by atoms with E-state index in [1.165, 1.54) is 5.56 Å². The van der Waals surface area contributed by atoms with E-state index in [0.717, 1.165) is 29.7 Å². The van der Waals surface area contributed by atoms with E-state index in [1.807, 2.05) is 19.1 Å². The molecule has 0 unspecified atom stereocenters. The zero-order valence-electron chi connectivity index (χ0n) is 12.6. The lowest BCUT2D eigenvalue weighted by atomic mass is 10.0. The van der Waals surface area contributed by atoms with Gasteiger partial charge in [-0.2, -0.15) is 0 Å². The fraction of sp³-hybridized carbons (Fsp3) is 0.412. The average molecular weight is 285 g/mol. The second-order valence-corrected chi connectivity index (χ2v) is 5.48. The van der Waals surface area contributed by atoms with Crippen molar-refractivity contribution in [1.29, 1.82) is 0 Å². The Kier molecular flexibility index (Phi) is 3.53. The highest BCUT2D eigenvalue weighted by molar-refractivity contribution is 5.88. The molecule has 4 nitrogen and oxygen atoms in total. The molecule has 110 valence electrons. The third-order valence-electron chi connectivity index (χ3n) is 3.91. The Bertz CT molecular complexity index is 683. The van der Waals surface area contributed by atoms with E-state index >= 15 is 0 Å². The lowest BCUT2D eigenvalue weighted by Gasteiger charge is -2.04. The van der Waals surface area contributed by atoms with Crippen molar-refractivity contribution in [2.75, 3.05) is 6.61 Å². The van der Waals surface area contributed by atoms with Gasteiger partial charge in [0.2, 0.25) is 11.7 Å². The van der Waals surface area contributed by atoms with Gasteiger partial charge in [-0.05, 0) is 50.8 Å². The van der Waals surface area contributed by atoms with Crippen molar-refractivity contribution in [3.63, 3.8) is 0 Å². The first-order chi connectivity index (χ1) is 10.1. The summed E-state index contributed by atoms with van der Waals surface area (Å²) >= 11 is 0. The number of ether oxygens (including phenoxy) is 1. The quantitative estimate of drug-likeness (QED) is 0.796. The van der Waals surface area contributed by atoms with Crippen LogP contribution in [-0.4, -0.2) is 17.6 Å². The lowest BCUT2D eigenvalue weighted by Crippen LogP contribution is -2.05. The van der Waals surface area contributed by atoms with Crippen LogP contribution >= 0.6 is 0 Å². The molecule has 0 aliphatic heterocycles. The van der Waals surface area contributed by atoms with Crippen LogP contribution in [0.25, 0.3) is 11.5 Å². The van der Waals surface area contributed by atoms with E-state index in [2.05, 4.69) is 18.0 Å². The van der Waals surface area contributed by atoms with Crippen molar-refractivity contribution in [3.05, 3.63) is 40.8 Å². The standard InChI is InChI=1S/C17H19NO3/c1-4-20-17(19)15-14(12-8-9-12)18-16(21-15)13-7-5-6-10(2)11(13)3/h5-7,12H,4,8-9H2,1-3H3. The number of aromatic nitrogens is 1. The Labute approximate surface area is 124 Å². The summed E-state index contributed by atoms with van der Waals surface area (Å²) in [5.74, 6) is 0.715. The fourth-order valence-corrected chi connectivity index (χ4v) is 2.41. The number of hydrogen-bond acceptors (Lipinski definition) is 4. The molecular formula is C17H19NO3. The van der Waals surface area contributed by atoms with Gasteiger partial charge in [-0.15, -0.1) is 0 Å². The molecule has 0 spiro atoms. The number of aryl methyl sites for hydroxylation is 1. The summed E-state index contributed by atoms with van der Waals surface area (Å²) in [4.78, 5) is 16.6. The summed E-state index contributed by atoms with van der Waals surface area (Å²) in [5, 5.41) is 0. The van der Waals surface area contributed by atoms with E-state index in [1.54, 1.807) is 6.92 Å². The van der Waals surface area contributed by atoms with Gasteiger partial charge in [0.25, 0.3) is 0 Å². The maximum atomic E-state index is 12.0. The second-order valence-electron chi connectivity index (χ2n) is 5.48. The summed E-state index contributed by atoms with van der Waals surface area (Å²) < 4.78 is 10.8. The third-order valence-corrected chi connectivity index (χ3v) is 3.91. The first-order valence-corrected chi connectivity index (χ1v) is 7.36. The molecule has 0 bridgehead atoms. The van der Waals surface area contributed by atoms with E-state index in [-0.39, 0.29) is 5.76 Å². The number of hydrogen-bond donors (Lipinski definition) is 0. The van der Waals surface area contributed by atoms with Gasteiger partial charge in [-0.25, -0.2) is 9.78 Å². The van der Waals surface area contributed by atoms with Crippen molar-refractivity contribution in [3.8, 4) is 11.5 Å². The number of rotatable bonds is 4. The van der Waals surface area contributed by atoms with Gasteiger partial charge in [0.1, 0.15) is 0 Å². The van der Waals surface area contributed by atoms with Gasteiger partial charge in [-0.1, -0.05) is 12.1 Å². The maximum Gasteiger partial charge on any atom is 0.376 e. The Balaban J connectivity index is 2.06. The first-order valence-electron chi connectivity index (χ1n) is 7.36. The molecule has 4 heteroatoms. The molecule has 1 saturated carbocycles. The van der Waals surface area contributed by atoms with Crippen LogP contribution in [0.3, 0.4) is 0 Å². The van der Waals surface area contributed by atoms with Gasteiger partial charge in [-0.3, -0.25) is 0 Å². The Morgan fingerprint density at radius 2 is 2.14 bits per heavy atom. The van der Waals surface area contributed by atoms with E-state index < -0.39 is 5.97 Å². The molecular weight excluding hydrogens is 266 g/mol. The number of oxazole rings is 1. The molecule has 1 aliphatic carbocycles. The van der Waals surface area contributed by atoms with Crippen LogP contribution in [0.5, 0.6) is 0 Å². The van der Waals surface area contributed by atoms with Crippen molar-refractivity contribution >= 4 is 5.97 Å². The molecule has 1 aliphatic rings. The molecule has 1 aromatic carbocycles. The van der Waals surface area contributed by atoms with Crippen LogP contribution in [0, 0.1) is 13.8 Å². The highest BCUT2D eigenvalue weighted by atomic mass is 16.5. The van der Waals surface area contributed by atoms with E-state index in [9.17, 15) is 4.79 Å². The molecule has 3 rings (SSSR count). The third kappa shape index (κ3) is 2.58. The molecule has 1 fully saturated rings. The zero-order chi connectivity index (χ0) is 15.0. The summed E-state index contributed by atoms with van der Waals surface area (Å²) in [7, 11) is 0. The molecule has 0 atom stereocenters. The number of benzene rings is 1. The predicted octanol–water partition coefficient (Wildman–Crippen LogP) is 4.01. The van der Waals surface area contributed by atoms with Gasteiger partial charge < -0.3 is 9.15 Å². The Hall–Kier alpha value is -2.10. The summed E-state index contributed by atoms with van der Waals surface area (Å²) in [6.07, 6.45) is 2.12. The van der Waals surface area contributed by atoms with Gasteiger partial charge in [0.15, 0.2) is 0 Å². The fourth-order valence-electron chi connectivity index (χ4n) is 2.41. The number of carbonyl (C=O) groups excluding carboxylic acids is 1. The van der Waals surface area contributed by atoms with Gasteiger partial charge >= 0.3 is 5.97 Å². The van der Waals surface area contributed by atoms with Crippen molar-refractivity contribution in [1.82, 2.24) is 4.98 Å². The molecule has 2 aromatic rings. The largest absolute Gasteiger partial charge is 0.460 e. The molecule has 1 heterocycles. The SMILES string of the molecule is CCOC(=O)c1oc(-c2cccc(C)c2C)nc1C1CC1. The first kappa shape index (κ1) is 13.9. The van der Waals surface area contributed by atoms with Gasteiger partial charge in [0, 0.05) is 11.5 Å². The topological polar surface area (TPSA) is 52.3 Å². The van der Waals surface area contributed by atoms with Crippen LogP contribution < -0.4 is 0 Å². The monoisotopic (exact) mass is 285 g/mol. The molecule has 0 N–H and O–H groups in total.